The Morgan fingerprint density at radius 3 is 2.50 bits per heavy atom. The standard InChI is InChI=1S/C13H15ClFN3/c1-18-11(13(14)17-12(18)8-16)7-4-9-2-5-10(15)6-3-9/h2-3,5-6H,4,7-8,16H2,1H3. The van der Waals surface area contributed by atoms with E-state index < -0.39 is 0 Å². The van der Waals surface area contributed by atoms with E-state index in [1.807, 2.05) is 11.6 Å². The predicted molar refractivity (Wildman–Crippen MR) is 69.9 cm³/mol. The normalized spacial score (nSPS) is 10.9. The molecule has 0 saturated carbocycles. The molecule has 5 heteroatoms. The van der Waals surface area contributed by atoms with Gasteiger partial charge < -0.3 is 10.3 Å². The van der Waals surface area contributed by atoms with Crippen LogP contribution in [0.1, 0.15) is 17.1 Å². The van der Waals surface area contributed by atoms with Gasteiger partial charge in [0.15, 0.2) is 5.15 Å². The van der Waals surface area contributed by atoms with Gasteiger partial charge in [0.05, 0.1) is 12.2 Å². The molecule has 0 saturated heterocycles. The lowest BCUT2D eigenvalue weighted by Gasteiger charge is -2.05. The number of nitrogens with two attached hydrogens (primary N) is 1. The van der Waals surface area contributed by atoms with Gasteiger partial charge in [-0.25, -0.2) is 9.37 Å². The minimum atomic E-state index is -0.220. The fourth-order valence-electron chi connectivity index (χ4n) is 1.91. The number of hydrogen-bond donors (Lipinski definition) is 1. The van der Waals surface area contributed by atoms with Crippen LogP contribution in [0.15, 0.2) is 24.3 Å². The number of nitrogens with zero attached hydrogens (tertiary/aromatic N) is 2. The maximum absolute atomic E-state index is 12.8. The smallest absolute Gasteiger partial charge is 0.150 e. The van der Waals surface area contributed by atoms with Crippen LogP contribution in [0.4, 0.5) is 4.39 Å². The molecule has 1 aromatic carbocycles. The van der Waals surface area contributed by atoms with E-state index >= 15 is 0 Å². The van der Waals surface area contributed by atoms with E-state index in [-0.39, 0.29) is 5.82 Å². The molecule has 0 atom stereocenters. The second kappa shape index (κ2) is 5.50. The highest BCUT2D eigenvalue weighted by atomic mass is 35.5. The van der Waals surface area contributed by atoms with E-state index in [1.54, 1.807) is 12.1 Å². The van der Waals surface area contributed by atoms with Gasteiger partial charge in [0, 0.05) is 7.05 Å². The van der Waals surface area contributed by atoms with Crippen LogP contribution in [0, 0.1) is 5.82 Å². The largest absolute Gasteiger partial charge is 0.333 e. The summed E-state index contributed by atoms with van der Waals surface area (Å²) in [6.07, 6.45) is 1.55. The molecular formula is C13H15ClFN3. The van der Waals surface area contributed by atoms with Crippen LogP contribution in [0.2, 0.25) is 5.15 Å². The van der Waals surface area contributed by atoms with Gasteiger partial charge in [0.1, 0.15) is 11.6 Å². The summed E-state index contributed by atoms with van der Waals surface area (Å²) in [5, 5.41) is 0.500. The first-order valence-electron chi connectivity index (χ1n) is 5.76. The highest BCUT2D eigenvalue weighted by Crippen LogP contribution is 2.18. The minimum absolute atomic E-state index is 0.220. The summed E-state index contributed by atoms with van der Waals surface area (Å²) in [6.45, 7) is 0.368. The molecule has 0 radical (unpaired) electrons. The van der Waals surface area contributed by atoms with Crippen molar-refractivity contribution in [1.82, 2.24) is 9.55 Å². The Kier molecular flexibility index (Phi) is 3.99. The third-order valence-electron chi connectivity index (χ3n) is 3.00. The van der Waals surface area contributed by atoms with E-state index in [4.69, 9.17) is 17.3 Å². The van der Waals surface area contributed by atoms with Crippen molar-refractivity contribution in [2.24, 2.45) is 12.8 Å². The molecule has 3 nitrogen and oxygen atoms in total. The van der Waals surface area contributed by atoms with E-state index in [9.17, 15) is 4.39 Å². The van der Waals surface area contributed by atoms with Crippen molar-refractivity contribution in [3.63, 3.8) is 0 Å². The second-order valence-corrected chi connectivity index (χ2v) is 4.51. The molecule has 0 spiro atoms. The zero-order valence-electron chi connectivity index (χ0n) is 10.2. The van der Waals surface area contributed by atoms with Crippen LogP contribution in [-0.4, -0.2) is 9.55 Å². The van der Waals surface area contributed by atoms with E-state index in [0.717, 1.165) is 29.9 Å². The maximum Gasteiger partial charge on any atom is 0.150 e. The van der Waals surface area contributed by atoms with Crippen molar-refractivity contribution in [2.45, 2.75) is 19.4 Å². The molecule has 0 aliphatic heterocycles. The van der Waals surface area contributed by atoms with Crippen LogP contribution >= 0.6 is 11.6 Å². The number of aromatic nitrogens is 2. The summed E-state index contributed by atoms with van der Waals surface area (Å²) in [7, 11) is 1.90. The Hall–Kier alpha value is -1.39. The second-order valence-electron chi connectivity index (χ2n) is 4.16. The lowest BCUT2D eigenvalue weighted by molar-refractivity contribution is 0.626. The van der Waals surface area contributed by atoms with Crippen molar-refractivity contribution in [2.75, 3.05) is 0 Å². The monoisotopic (exact) mass is 267 g/mol. The fourth-order valence-corrected chi connectivity index (χ4v) is 2.23. The van der Waals surface area contributed by atoms with Gasteiger partial charge in [-0.1, -0.05) is 23.7 Å². The number of benzene rings is 1. The molecule has 1 aromatic heterocycles. The molecule has 2 N–H and O–H groups in total. The van der Waals surface area contributed by atoms with Gasteiger partial charge in [-0.15, -0.1) is 0 Å². The van der Waals surface area contributed by atoms with Crippen molar-refractivity contribution in [1.29, 1.82) is 0 Å². The summed E-state index contributed by atoms with van der Waals surface area (Å²) in [4.78, 5) is 4.20. The topological polar surface area (TPSA) is 43.8 Å². The fraction of sp³-hybridized carbons (Fsp3) is 0.308. The highest BCUT2D eigenvalue weighted by molar-refractivity contribution is 6.30. The number of aryl methyl sites for hydroxylation is 1. The summed E-state index contributed by atoms with van der Waals surface area (Å²) < 4.78 is 14.7. The van der Waals surface area contributed by atoms with Crippen LogP contribution < -0.4 is 5.73 Å². The average molecular weight is 268 g/mol. The Labute approximate surface area is 110 Å². The zero-order valence-corrected chi connectivity index (χ0v) is 10.9. The Balaban J connectivity index is 2.10. The maximum atomic E-state index is 12.8. The predicted octanol–water partition coefficient (Wildman–Crippen LogP) is 2.46. The Bertz CT molecular complexity index is 534. The van der Waals surface area contributed by atoms with Crippen LogP contribution in [-0.2, 0) is 26.4 Å². The van der Waals surface area contributed by atoms with Gasteiger partial charge in [-0.05, 0) is 30.5 Å². The summed E-state index contributed by atoms with van der Waals surface area (Å²) >= 11 is 6.07. The third kappa shape index (κ3) is 2.71. The highest BCUT2D eigenvalue weighted by Gasteiger charge is 2.11. The number of rotatable bonds is 4. The summed E-state index contributed by atoms with van der Waals surface area (Å²) in [5.41, 5.74) is 7.61. The van der Waals surface area contributed by atoms with Gasteiger partial charge in [-0.3, -0.25) is 0 Å². The molecule has 18 heavy (non-hydrogen) atoms. The third-order valence-corrected chi connectivity index (χ3v) is 3.31. The minimum Gasteiger partial charge on any atom is -0.333 e. The molecule has 0 unspecified atom stereocenters. The van der Waals surface area contributed by atoms with Crippen molar-refractivity contribution < 1.29 is 4.39 Å². The zero-order chi connectivity index (χ0) is 13.1. The molecule has 2 rings (SSSR count). The molecule has 1 heterocycles. The van der Waals surface area contributed by atoms with Gasteiger partial charge in [0.2, 0.25) is 0 Å². The molecular weight excluding hydrogens is 253 g/mol. The Morgan fingerprint density at radius 2 is 1.94 bits per heavy atom. The molecule has 0 aliphatic carbocycles. The van der Waals surface area contributed by atoms with Gasteiger partial charge >= 0.3 is 0 Å². The number of imidazole rings is 1. The number of halogens is 2. The van der Waals surface area contributed by atoms with Gasteiger partial charge in [-0.2, -0.15) is 0 Å². The Morgan fingerprint density at radius 1 is 1.28 bits per heavy atom. The lowest BCUT2D eigenvalue weighted by Crippen LogP contribution is -2.07. The average Bonchev–Trinajstić information content (AvgIpc) is 2.64. The molecule has 0 bridgehead atoms. The van der Waals surface area contributed by atoms with E-state index in [1.165, 1.54) is 12.1 Å². The molecule has 0 amide bonds. The molecule has 96 valence electrons. The van der Waals surface area contributed by atoms with Crippen LogP contribution in [0.25, 0.3) is 0 Å². The molecule has 2 aromatic rings. The van der Waals surface area contributed by atoms with Crippen molar-refractivity contribution in [3.05, 3.63) is 52.3 Å². The first-order valence-corrected chi connectivity index (χ1v) is 6.14. The molecule has 0 fully saturated rings. The van der Waals surface area contributed by atoms with Crippen molar-refractivity contribution >= 4 is 11.6 Å². The first-order chi connectivity index (χ1) is 8.61. The van der Waals surface area contributed by atoms with Crippen molar-refractivity contribution in [3.8, 4) is 0 Å². The van der Waals surface area contributed by atoms with Crippen LogP contribution in [0.5, 0.6) is 0 Å². The van der Waals surface area contributed by atoms with E-state index in [2.05, 4.69) is 4.98 Å². The first kappa shape index (κ1) is 13.1. The van der Waals surface area contributed by atoms with Gasteiger partial charge in [0.25, 0.3) is 0 Å². The van der Waals surface area contributed by atoms with Crippen LogP contribution in [0.3, 0.4) is 0 Å². The number of hydrogen-bond acceptors (Lipinski definition) is 2. The molecule has 0 aliphatic rings. The van der Waals surface area contributed by atoms with E-state index in [0.29, 0.717) is 11.7 Å². The quantitative estimate of drug-likeness (QED) is 0.925. The SMILES string of the molecule is Cn1c(CN)nc(Cl)c1CCc1ccc(F)cc1. The summed E-state index contributed by atoms with van der Waals surface area (Å²) in [5.74, 6) is 0.553. The lowest BCUT2D eigenvalue weighted by atomic mass is 10.1. The summed E-state index contributed by atoms with van der Waals surface area (Å²) in [6, 6.07) is 6.49.